The Kier molecular flexibility index (Phi) is 6.82. The Labute approximate surface area is 197 Å². The lowest BCUT2D eigenvalue weighted by Gasteiger charge is -2.15. The maximum atomic E-state index is 12.4. The summed E-state index contributed by atoms with van der Waals surface area (Å²) in [6, 6.07) is 19.5. The van der Waals surface area contributed by atoms with E-state index in [-0.39, 0.29) is 35.5 Å². The van der Waals surface area contributed by atoms with Crippen LogP contribution in [0.25, 0.3) is 0 Å². The van der Waals surface area contributed by atoms with E-state index in [1.807, 2.05) is 18.2 Å². The predicted octanol–water partition coefficient (Wildman–Crippen LogP) is 3.90. The van der Waals surface area contributed by atoms with Gasteiger partial charge in [-0.15, -0.1) is 0 Å². The van der Waals surface area contributed by atoms with Crippen LogP contribution >= 0.6 is 0 Å². The molecule has 2 amide bonds. The van der Waals surface area contributed by atoms with Crippen molar-refractivity contribution in [3.8, 4) is 11.6 Å². The van der Waals surface area contributed by atoms with E-state index in [2.05, 4.69) is 11.6 Å². The van der Waals surface area contributed by atoms with Gasteiger partial charge < -0.3 is 15.4 Å². The maximum Gasteiger partial charge on any atom is 0.254 e. The number of carbonyl (C=O) groups excluding carboxylic acids is 3. The van der Waals surface area contributed by atoms with Crippen LogP contribution < -0.4 is 10.5 Å². The molecular weight excluding hydrogens is 430 g/mol. The molecule has 34 heavy (non-hydrogen) atoms. The van der Waals surface area contributed by atoms with Crippen LogP contribution in [-0.2, 0) is 11.2 Å². The maximum absolute atomic E-state index is 12.4. The Morgan fingerprint density at radius 3 is 2.47 bits per heavy atom. The number of ether oxygens (including phenoxy) is 1. The molecule has 1 aromatic heterocycles. The molecule has 2 aromatic carbocycles. The quantitative estimate of drug-likeness (QED) is 0.410. The standard InChI is InChI=1S/C27H25N3O4/c1-2-25(32)30-15-14-20(17-30)23-13-12-22(26(28)33)27(29-23)34-21-10-8-18(9-11-21)16-24(31)19-6-4-3-5-7-19/h2-13,20H,1,14-17H2,(H2,28,33). The molecule has 7 nitrogen and oxygen atoms in total. The van der Waals surface area contributed by atoms with Crippen LogP contribution in [-0.4, -0.2) is 40.6 Å². The minimum absolute atomic E-state index is 0.0274. The SMILES string of the molecule is C=CC(=O)N1CCC(c2ccc(C(N)=O)c(Oc3ccc(CC(=O)c4ccccc4)cc3)n2)C1. The molecule has 0 radical (unpaired) electrons. The van der Waals surface area contributed by atoms with E-state index in [0.29, 0.717) is 24.4 Å². The number of amides is 2. The summed E-state index contributed by atoms with van der Waals surface area (Å²) >= 11 is 0. The van der Waals surface area contributed by atoms with Gasteiger partial charge in [0.05, 0.1) is 0 Å². The van der Waals surface area contributed by atoms with E-state index < -0.39 is 5.91 Å². The molecule has 172 valence electrons. The molecule has 7 heteroatoms. The van der Waals surface area contributed by atoms with E-state index in [1.165, 1.54) is 6.08 Å². The highest BCUT2D eigenvalue weighted by atomic mass is 16.5. The number of nitrogens with two attached hydrogens (primary N) is 1. The van der Waals surface area contributed by atoms with Crippen molar-refractivity contribution in [1.82, 2.24) is 9.88 Å². The van der Waals surface area contributed by atoms with Gasteiger partial charge in [0.15, 0.2) is 5.78 Å². The van der Waals surface area contributed by atoms with Crippen molar-refractivity contribution in [2.24, 2.45) is 5.73 Å². The number of nitrogens with zero attached hydrogens (tertiary/aromatic N) is 2. The molecule has 2 heterocycles. The summed E-state index contributed by atoms with van der Waals surface area (Å²) in [5.41, 5.74) is 7.93. The van der Waals surface area contributed by atoms with Gasteiger partial charge >= 0.3 is 0 Å². The Bertz CT molecular complexity index is 1220. The molecule has 1 unspecified atom stereocenters. The van der Waals surface area contributed by atoms with Crippen LogP contribution in [0.1, 0.15) is 44.3 Å². The number of carbonyl (C=O) groups is 3. The number of Topliss-reactive ketones (excluding diaryl/α,β-unsaturated/α-hetero) is 1. The van der Waals surface area contributed by atoms with Crippen LogP contribution in [0.15, 0.2) is 79.4 Å². The lowest BCUT2D eigenvalue weighted by atomic mass is 10.0. The van der Waals surface area contributed by atoms with Crippen molar-refractivity contribution in [3.05, 3.63) is 102 Å². The Balaban J connectivity index is 1.49. The van der Waals surface area contributed by atoms with Gasteiger partial charge in [-0.1, -0.05) is 49.0 Å². The molecule has 1 aliphatic heterocycles. The highest BCUT2D eigenvalue weighted by Crippen LogP contribution is 2.30. The van der Waals surface area contributed by atoms with Crippen LogP contribution in [0.4, 0.5) is 0 Å². The largest absolute Gasteiger partial charge is 0.438 e. The van der Waals surface area contributed by atoms with Gasteiger partial charge in [-0.2, -0.15) is 0 Å². The van der Waals surface area contributed by atoms with Crippen LogP contribution in [0.2, 0.25) is 0 Å². The summed E-state index contributed by atoms with van der Waals surface area (Å²) in [6.45, 7) is 4.68. The summed E-state index contributed by atoms with van der Waals surface area (Å²) < 4.78 is 5.92. The number of pyridine rings is 1. The number of ketones is 1. The number of primary amides is 1. The van der Waals surface area contributed by atoms with Crippen molar-refractivity contribution in [3.63, 3.8) is 0 Å². The number of likely N-dealkylation sites (tertiary alicyclic amines) is 1. The molecule has 1 fully saturated rings. The number of aromatic nitrogens is 1. The number of hydrogen-bond acceptors (Lipinski definition) is 5. The fraction of sp³-hybridized carbons (Fsp3) is 0.185. The predicted molar refractivity (Wildman–Crippen MR) is 128 cm³/mol. The normalized spacial score (nSPS) is 15.1. The van der Waals surface area contributed by atoms with Gasteiger partial charge in [-0.25, -0.2) is 4.98 Å². The zero-order chi connectivity index (χ0) is 24.1. The summed E-state index contributed by atoms with van der Waals surface area (Å²) in [5.74, 6) is -0.114. The highest BCUT2D eigenvalue weighted by molar-refractivity contribution is 5.97. The van der Waals surface area contributed by atoms with Gasteiger partial charge in [0.2, 0.25) is 11.8 Å². The average molecular weight is 456 g/mol. The third-order valence-corrected chi connectivity index (χ3v) is 5.84. The number of rotatable bonds is 8. The summed E-state index contributed by atoms with van der Waals surface area (Å²) in [6.07, 6.45) is 2.33. The summed E-state index contributed by atoms with van der Waals surface area (Å²) in [5, 5.41) is 0. The molecular formula is C27H25N3O4. The second-order valence-corrected chi connectivity index (χ2v) is 8.14. The number of hydrogen-bond donors (Lipinski definition) is 1. The lowest BCUT2D eigenvalue weighted by molar-refractivity contribution is -0.125. The van der Waals surface area contributed by atoms with E-state index >= 15 is 0 Å². The van der Waals surface area contributed by atoms with Crippen LogP contribution in [0, 0.1) is 0 Å². The second-order valence-electron chi connectivity index (χ2n) is 8.14. The molecule has 2 N–H and O–H groups in total. The first kappa shape index (κ1) is 22.9. The molecule has 1 atom stereocenters. The first-order valence-corrected chi connectivity index (χ1v) is 11.0. The summed E-state index contributed by atoms with van der Waals surface area (Å²) in [7, 11) is 0. The molecule has 0 bridgehead atoms. The Morgan fingerprint density at radius 1 is 1.06 bits per heavy atom. The molecule has 1 aliphatic rings. The van der Waals surface area contributed by atoms with Crippen molar-refractivity contribution in [1.29, 1.82) is 0 Å². The van der Waals surface area contributed by atoms with E-state index in [9.17, 15) is 14.4 Å². The Morgan fingerprint density at radius 2 is 1.79 bits per heavy atom. The van der Waals surface area contributed by atoms with Crippen LogP contribution in [0.5, 0.6) is 11.6 Å². The zero-order valence-corrected chi connectivity index (χ0v) is 18.6. The summed E-state index contributed by atoms with van der Waals surface area (Å²) in [4.78, 5) is 42.5. The first-order valence-electron chi connectivity index (χ1n) is 11.0. The van der Waals surface area contributed by atoms with Crippen molar-refractivity contribution in [2.45, 2.75) is 18.8 Å². The minimum Gasteiger partial charge on any atom is -0.438 e. The van der Waals surface area contributed by atoms with E-state index in [0.717, 1.165) is 17.7 Å². The van der Waals surface area contributed by atoms with Crippen molar-refractivity contribution >= 4 is 17.6 Å². The molecule has 0 spiro atoms. The Hall–Kier alpha value is -4.26. The van der Waals surface area contributed by atoms with Gasteiger partial charge in [0, 0.05) is 36.7 Å². The average Bonchev–Trinajstić information content (AvgIpc) is 3.35. The molecule has 1 saturated heterocycles. The third-order valence-electron chi connectivity index (χ3n) is 5.84. The van der Waals surface area contributed by atoms with Gasteiger partial charge in [-0.05, 0) is 42.3 Å². The van der Waals surface area contributed by atoms with Gasteiger partial charge in [0.25, 0.3) is 5.91 Å². The van der Waals surface area contributed by atoms with E-state index in [1.54, 1.807) is 53.4 Å². The second kappa shape index (κ2) is 10.1. The zero-order valence-electron chi connectivity index (χ0n) is 18.6. The monoisotopic (exact) mass is 455 g/mol. The van der Waals surface area contributed by atoms with E-state index in [4.69, 9.17) is 10.5 Å². The van der Waals surface area contributed by atoms with Crippen LogP contribution in [0.3, 0.4) is 0 Å². The molecule has 4 rings (SSSR count). The lowest BCUT2D eigenvalue weighted by Crippen LogP contribution is -2.26. The highest BCUT2D eigenvalue weighted by Gasteiger charge is 2.28. The molecule has 0 saturated carbocycles. The fourth-order valence-electron chi connectivity index (χ4n) is 3.98. The topological polar surface area (TPSA) is 103 Å². The molecule has 3 aromatic rings. The van der Waals surface area contributed by atoms with Crippen molar-refractivity contribution in [2.75, 3.05) is 13.1 Å². The minimum atomic E-state index is -0.644. The first-order chi connectivity index (χ1) is 16.4. The van der Waals surface area contributed by atoms with Crippen molar-refractivity contribution < 1.29 is 19.1 Å². The molecule has 0 aliphatic carbocycles. The third kappa shape index (κ3) is 5.20. The smallest absolute Gasteiger partial charge is 0.254 e. The van der Waals surface area contributed by atoms with Gasteiger partial charge in [-0.3, -0.25) is 14.4 Å². The van der Waals surface area contributed by atoms with Gasteiger partial charge in [0.1, 0.15) is 11.3 Å². The number of benzene rings is 2. The fourth-order valence-corrected chi connectivity index (χ4v) is 3.98.